The van der Waals surface area contributed by atoms with E-state index < -0.39 is 12.2 Å². The highest BCUT2D eigenvalue weighted by molar-refractivity contribution is 5.19. The number of benzene rings is 1. The fraction of sp³-hybridized carbons (Fsp3) is 0.571. The highest BCUT2D eigenvalue weighted by Gasteiger charge is 2.43. The summed E-state index contributed by atoms with van der Waals surface area (Å²) >= 11 is 0. The molecule has 0 spiro atoms. The molecule has 1 fully saturated rings. The van der Waals surface area contributed by atoms with Gasteiger partial charge in [0.25, 0.3) is 0 Å². The van der Waals surface area contributed by atoms with E-state index in [1.807, 2.05) is 37.3 Å². The third kappa shape index (κ3) is 3.05. The van der Waals surface area contributed by atoms with Crippen molar-refractivity contribution in [2.45, 2.75) is 37.9 Å². The van der Waals surface area contributed by atoms with Crippen molar-refractivity contribution in [2.24, 2.45) is 5.92 Å². The quantitative estimate of drug-likeness (QED) is 0.851. The van der Waals surface area contributed by atoms with Crippen LogP contribution in [0.2, 0.25) is 0 Å². The minimum Gasteiger partial charge on any atom is -0.306 e. The number of alkyl halides is 3. The summed E-state index contributed by atoms with van der Waals surface area (Å²) in [6.45, 7) is 2.48. The zero-order valence-corrected chi connectivity index (χ0v) is 10.4. The SMILES string of the molecule is C[C@@H](c1ccccc1)C1CCN[C@H](C(F)(F)F)C1. The molecule has 1 nitrogen and oxygen atoms in total. The summed E-state index contributed by atoms with van der Waals surface area (Å²) in [5, 5.41) is 2.57. The van der Waals surface area contributed by atoms with Gasteiger partial charge < -0.3 is 5.32 Å². The van der Waals surface area contributed by atoms with E-state index in [1.165, 1.54) is 0 Å². The fourth-order valence-corrected chi connectivity index (χ4v) is 2.68. The molecule has 0 radical (unpaired) electrons. The third-order valence-corrected chi connectivity index (χ3v) is 3.87. The van der Waals surface area contributed by atoms with E-state index >= 15 is 0 Å². The lowest BCUT2D eigenvalue weighted by atomic mass is 9.79. The van der Waals surface area contributed by atoms with Crippen LogP contribution in [0.5, 0.6) is 0 Å². The molecule has 4 heteroatoms. The maximum atomic E-state index is 12.7. The first-order valence-electron chi connectivity index (χ1n) is 6.33. The molecule has 1 heterocycles. The molecule has 0 amide bonds. The van der Waals surface area contributed by atoms with Crippen molar-refractivity contribution in [1.82, 2.24) is 5.32 Å². The summed E-state index contributed by atoms with van der Waals surface area (Å²) in [4.78, 5) is 0. The normalized spacial score (nSPS) is 26.9. The first-order valence-corrected chi connectivity index (χ1v) is 6.33. The Bertz CT molecular complexity index is 374. The van der Waals surface area contributed by atoms with Crippen LogP contribution in [0.15, 0.2) is 30.3 Å². The summed E-state index contributed by atoms with van der Waals surface area (Å²) < 4.78 is 38.2. The lowest BCUT2D eigenvalue weighted by molar-refractivity contribution is -0.164. The number of rotatable bonds is 2. The molecule has 0 aromatic heterocycles. The van der Waals surface area contributed by atoms with Crippen LogP contribution in [0.25, 0.3) is 0 Å². The summed E-state index contributed by atoms with van der Waals surface area (Å²) in [5.74, 6) is 0.276. The second-order valence-electron chi connectivity index (χ2n) is 5.03. The van der Waals surface area contributed by atoms with Crippen LogP contribution in [0.4, 0.5) is 13.2 Å². The van der Waals surface area contributed by atoms with Crippen LogP contribution in [-0.2, 0) is 0 Å². The Balaban J connectivity index is 2.05. The second-order valence-corrected chi connectivity index (χ2v) is 5.03. The standard InChI is InChI=1S/C14H18F3N/c1-10(11-5-3-2-4-6-11)12-7-8-18-13(9-12)14(15,16)17/h2-6,10,12-13,18H,7-9H2,1H3/t10-,12?,13-/m0/s1. The van der Waals surface area contributed by atoms with E-state index in [2.05, 4.69) is 5.32 Å². The molecule has 1 aromatic rings. The third-order valence-electron chi connectivity index (χ3n) is 3.87. The minimum absolute atomic E-state index is 0.0975. The van der Waals surface area contributed by atoms with E-state index in [1.54, 1.807) is 0 Å². The minimum atomic E-state index is -4.13. The van der Waals surface area contributed by atoms with Gasteiger partial charge in [-0.1, -0.05) is 37.3 Å². The lowest BCUT2D eigenvalue weighted by Gasteiger charge is -2.35. The number of hydrogen-bond acceptors (Lipinski definition) is 1. The van der Waals surface area contributed by atoms with Gasteiger partial charge in [0.15, 0.2) is 0 Å². The Morgan fingerprint density at radius 3 is 2.50 bits per heavy atom. The number of nitrogens with one attached hydrogen (secondary N) is 1. The molecular formula is C14H18F3N. The molecule has 0 aliphatic carbocycles. The molecule has 1 aromatic carbocycles. The van der Waals surface area contributed by atoms with Crippen LogP contribution in [0, 0.1) is 5.92 Å². The van der Waals surface area contributed by atoms with Gasteiger partial charge >= 0.3 is 6.18 Å². The summed E-state index contributed by atoms with van der Waals surface area (Å²) in [6, 6.07) is 8.45. The van der Waals surface area contributed by atoms with Crippen LogP contribution in [-0.4, -0.2) is 18.8 Å². The average Bonchev–Trinajstić information content (AvgIpc) is 2.38. The van der Waals surface area contributed by atoms with E-state index in [4.69, 9.17) is 0 Å². The van der Waals surface area contributed by atoms with Crippen molar-refractivity contribution in [3.63, 3.8) is 0 Å². The van der Waals surface area contributed by atoms with E-state index in [-0.39, 0.29) is 18.3 Å². The second kappa shape index (κ2) is 5.31. The van der Waals surface area contributed by atoms with Gasteiger partial charge in [-0.15, -0.1) is 0 Å². The number of hydrogen-bond donors (Lipinski definition) is 1. The van der Waals surface area contributed by atoms with Gasteiger partial charge in [0.2, 0.25) is 0 Å². The molecule has 1 aliphatic heterocycles. The summed E-state index contributed by atoms with van der Waals surface area (Å²) in [5.41, 5.74) is 1.13. The highest BCUT2D eigenvalue weighted by Crippen LogP contribution is 2.36. The van der Waals surface area contributed by atoms with Crippen LogP contribution < -0.4 is 5.32 Å². The zero-order chi connectivity index (χ0) is 13.2. The summed E-state index contributed by atoms with van der Waals surface area (Å²) in [7, 11) is 0. The Labute approximate surface area is 105 Å². The predicted octanol–water partition coefficient (Wildman–Crippen LogP) is 3.72. The van der Waals surface area contributed by atoms with Gasteiger partial charge in [0, 0.05) is 0 Å². The van der Waals surface area contributed by atoms with Gasteiger partial charge in [-0.2, -0.15) is 13.2 Å². The van der Waals surface area contributed by atoms with Gasteiger partial charge in [-0.3, -0.25) is 0 Å². The Morgan fingerprint density at radius 1 is 1.22 bits per heavy atom. The average molecular weight is 257 g/mol. The first kappa shape index (κ1) is 13.4. The fourth-order valence-electron chi connectivity index (χ4n) is 2.68. The van der Waals surface area contributed by atoms with Gasteiger partial charge in [-0.25, -0.2) is 0 Å². The monoisotopic (exact) mass is 257 g/mol. The van der Waals surface area contributed by atoms with Crippen molar-refractivity contribution in [3.8, 4) is 0 Å². The molecule has 0 bridgehead atoms. The molecule has 1 N–H and O–H groups in total. The van der Waals surface area contributed by atoms with E-state index in [0.717, 1.165) is 12.0 Å². The molecular weight excluding hydrogens is 239 g/mol. The highest BCUT2D eigenvalue weighted by atomic mass is 19.4. The van der Waals surface area contributed by atoms with Crippen LogP contribution in [0.3, 0.4) is 0 Å². The van der Waals surface area contributed by atoms with E-state index in [0.29, 0.717) is 6.54 Å². The molecule has 0 saturated carbocycles. The molecule has 2 rings (SSSR count). The molecule has 18 heavy (non-hydrogen) atoms. The predicted molar refractivity (Wildman–Crippen MR) is 65.4 cm³/mol. The largest absolute Gasteiger partial charge is 0.403 e. The van der Waals surface area contributed by atoms with Gasteiger partial charge in [-0.05, 0) is 36.8 Å². The lowest BCUT2D eigenvalue weighted by Crippen LogP contribution is -2.48. The maximum absolute atomic E-state index is 12.7. The van der Waals surface area contributed by atoms with Crippen molar-refractivity contribution in [3.05, 3.63) is 35.9 Å². The molecule has 1 unspecified atom stereocenters. The molecule has 100 valence electrons. The van der Waals surface area contributed by atoms with Crippen LogP contribution >= 0.6 is 0 Å². The molecule has 1 aliphatic rings. The zero-order valence-electron chi connectivity index (χ0n) is 10.4. The Hall–Kier alpha value is -1.03. The Kier molecular flexibility index (Phi) is 3.95. The molecule has 3 atom stereocenters. The topological polar surface area (TPSA) is 12.0 Å². The maximum Gasteiger partial charge on any atom is 0.403 e. The first-order chi connectivity index (χ1) is 8.48. The van der Waals surface area contributed by atoms with Crippen LogP contribution in [0.1, 0.15) is 31.2 Å². The van der Waals surface area contributed by atoms with Crippen molar-refractivity contribution >= 4 is 0 Å². The van der Waals surface area contributed by atoms with E-state index in [9.17, 15) is 13.2 Å². The van der Waals surface area contributed by atoms with Gasteiger partial charge in [0.05, 0.1) is 0 Å². The number of halogens is 3. The van der Waals surface area contributed by atoms with Crippen molar-refractivity contribution < 1.29 is 13.2 Å². The smallest absolute Gasteiger partial charge is 0.306 e. The van der Waals surface area contributed by atoms with Crippen molar-refractivity contribution in [2.75, 3.05) is 6.54 Å². The Morgan fingerprint density at radius 2 is 1.89 bits per heavy atom. The van der Waals surface area contributed by atoms with Crippen molar-refractivity contribution in [1.29, 1.82) is 0 Å². The van der Waals surface area contributed by atoms with Gasteiger partial charge in [0.1, 0.15) is 6.04 Å². The number of piperidine rings is 1. The molecule has 1 saturated heterocycles. The summed E-state index contributed by atoms with van der Waals surface area (Å²) in [6.07, 6.45) is -3.14.